The summed E-state index contributed by atoms with van der Waals surface area (Å²) in [5.74, 6) is 0.981. The number of rotatable bonds is 5. The lowest BCUT2D eigenvalue weighted by atomic mass is 10.2. The number of hydrogen-bond acceptors (Lipinski definition) is 4. The maximum absolute atomic E-state index is 12.4. The molecule has 2 aromatic rings. The van der Waals surface area contributed by atoms with Crippen LogP contribution in [0.15, 0.2) is 36.5 Å². The number of aryl methyl sites for hydroxylation is 1. The van der Waals surface area contributed by atoms with Gasteiger partial charge in [0.15, 0.2) is 0 Å². The molecule has 1 amide bonds. The van der Waals surface area contributed by atoms with Crippen LogP contribution in [0.25, 0.3) is 0 Å². The van der Waals surface area contributed by atoms with Crippen molar-refractivity contribution < 1.29 is 9.53 Å². The monoisotopic (exact) mass is 285 g/mol. The number of nitrogens with zero attached hydrogens (tertiary/aromatic N) is 1. The van der Waals surface area contributed by atoms with Crippen LogP contribution in [0.2, 0.25) is 0 Å². The molecule has 0 spiro atoms. The lowest BCUT2D eigenvalue weighted by molar-refractivity contribution is 0.102. The summed E-state index contributed by atoms with van der Waals surface area (Å²) in [6.07, 6.45) is 1.65. The van der Waals surface area contributed by atoms with E-state index in [1.54, 1.807) is 25.4 Å². The Morgan fingerprint density at radius 1 is 1.33 bits per heavy atom. The van der Waals surface area contributed by atoms with Gasteiger partial charge in [-0.15, -0.1) is 0 Å². The Morgan fingerprint density at radius 3 is 2.86 bits per heavy atom. The van der Waals surface area contributed by atoms with E-state index in [-0.39, 0.29) is 5.91 Å². The molecule has 2 N–H and O–H groups in total. The van der Waals surface area contributed by atoms with E-state index in [1.165, 1.54) is 0 Å². The molecule has 1 aromatic heterocycles. The van der Waals surface area contributed by atoms with Crippen molar-refractivity contribution in [3.05, 3.63) is 47.7 Å². The quantitative estimate of drug-likeness (QED) is 0.886. The summed E-state index contributed by atoms with van der Waals surface area (Å²) in [6, 6.07) is 9.12. The maximum atomic E-state index is 12.4. The fourth-order valence-corrected chi connectivity index (χ4v) is 2.01. The minimum atomic E-state index is -0.219. The van der Waals surface area contributed by atoms with Crippen LogP contribution in [0.4, 0.5) is 11.5 Å². The topological polar surface area (TPSA) is 63.2 Å². The lowest BCUT2D eigenvalue weighted by Crippen LogP contribution is -2.16. The van der Waals surface area contributed by atoms with Gasteiger partial charge in [0.2, 0.25) is 0 Å². The number of amides is 1. The van der Waals surface area contributed by atoms with Crippen molar-refractivity contribution in [3.8, 4) is 5.75 Å². The van der Waals surface area contributed by atoms with Crippen LogP contribution in [0.5, 0.6) is 5.75 Å². The summed E-state index contributed by atoms with van der Waals surface area (Å²) in [7, 11) is 1.58. The Kier molecular flexibility index (Phi) is 4.77. The Bertz CT molecular complexity index is 641. The fourth-order valence-electron chi connectivity index (χ4n) is 2.01. The van der Waals surface area contributed by atoms with Crippen LogP contribution in [-0.4, -0.2) is 24.5 Å². The molecule has 0 saturated carbocycles. The number of anilines is 2. The zero-order valence-electron chi connectivity index (χ0n) is 12.4. The highest BCUT2D eigenvalue weighted by Gasteiger charge is 2.14. The molecule has 0 aliphatic carbocycles. The van der Waals surface area contributed by atoms with E-state index in [0.29, 0.717) is 29.4 Å². The number of methoxy groups -OCH3 is 1. The van der Waals surface area contributed by atoms with E-state index < -0.39 is 0 Å². The summed E-state index contributed by atoms with van der Waals surface area (Å²) in [5, 5.41) is 5.95. The van der Waals surface area contributed by atoms with E-state index >= 15 is 0 Å². The van der Waals surface area contributed by atoms with Crippen molar-refractivity contribution in [2.75, 3.05) is 24.3 Å². The first-order chi connectivity index (χ1) is 10.2. The molecule has 0 atom stereocenters. The van der Waals surface area contributed by atoms with Crippen molar-refractivity contribution >= 4 is 17.4 Å². The molecule has 0 unspecified atom stereocenters. The summed E-state index contributed by atoms with van der Waals surface area (Å²) in [6.45, 7) is 4.62. The summed E-state index contributed by atoms with van der Waals surface area (Å²) in [5.41, 5.74) is 2.20. The number of pyridine rings is 1. The number of benzene rings is 1. The zero-order chi connectivity index (χ0) is 15.2. The van der Waals surface area contributed by atoms with Crippen LogP contribution < -0.4 is 15.4 Å². The molecule has 0 aliphatic heterocycles. The van der Waals surface area contributed by atoms with Crippen LogP contribution in [0, 0.1) is 6.92 Å². The van der Waals surface area contributed by atoms with E-state index in [2.05, 4.69) is 15.6 Å². The van der Waals surface area contributed by atoms with Gasteiger partial charge in [-0.25, -0.2) is 4.98 Å². The number of carbonyl (C=O) groups is 1. The van der Waals surface area contributed by atoms with Gasteiger partial charge in [0.25, 0.3) is 5.91 Å². The van der Waals surface area contributed by atoms with E-state index in [9.17, 15) is 4.79 Å². The zero-order valence-corrected chi connectivity index (χ0v) is 12.4. The van der Waals surface area contributed by atoms with Crippen LogP contribution in [0.1, 0.15) is 22.8 Å². The molecule has 0 bridgehead atoms. The largest absolute Gasteiger partial charge is 0.495 e. The van der Waals surface area contributed by atoms with Gasteiger partial charge in [0, 0.05) is 12.7 Å². The Labute approximate surface area is 124 Å². The van der Waals surface area contributed by atoms with Gasteiger partial charge >= 0.3 is 0 Å². The summed E-state index contributed by atoms with van der Waals surface area (Å²) in [4.78, 5) is 16.6. The summed E-state index contributed by atoms with van der Waals surface area (Å²) < 4.78 is 5.27. The molecule has 0 fully saturated rings. The third-order valence-electron chi connectivity index (χ3n) is 3.00. The molecule has 0 radical (unpaired) electrons. The molecule has 0 aliphatic rings. The highest BCUT2D eigenvalue weighted by atomic mass is 16.5. The maximum Gasteiger partial charge on any atom is 0.259 e. The average molecular weight is 285 g/mol. The molecule has 0 saturated heterocycles. The second kappa shape index (κ2) is 6.74. The Hall–Kier alpha value is -2.56. The van der Waals surface area contributed by atoms with Gasteiger partial charge in [-0.2, -0.15) is 0 Å². The predicted molar refractivity (Wildman–Crippen MR) is 84.1 cm³/mol. The molecule has 2 rings (SSSR count). The Morgan fingerprint density at radius 2 is 2.14 bits per heavy atom. The van der Waals surface area contributed by atoms with Gasteiger partial charge in [-0.05, 0) is 43.7 Å². The van der Waals surface area contributed by atoms with Gasteiger partial charge < -0.3 is 15.4 Å². The van der Waals surface area contributed by atoms with Gasteiger partial charge in [-0.3, -0.25) is 4.79 Å². The van der Waals surface area contributed by atoms with Gasteiger partial charge in [-0.1, -0.05) is 6.07 Å². The first kappa shape index (κ1) is 14.8. The number of ether oxygens (including phenoxy) is 1. The highest BCUT2D eigenvalue weighted by Crippen LogP contribution is 2.26. The van der Waals surface area contributed by atoms with Crippen LogP contribution in [-0.2, 0) is 0 Å². The van der Waals surface area contributed by atoms with Gasteiger partial charge in [0.1, 0.15) is 11.6 Å². The predicted octanol–water partition coefficient (Wildman–Crippen LogP) is 3.08. The normalized spacial score (nSPS) is 10.0. The first-order valence-electron chi connectivity index (χ1n) is 6.80. The van der Waals surface area contributed by atoms with Crippen molar-refractivity contribution in [1.29, 1.82) is 0 Å². The first-order valence-corrected chi connectivity index (χ1v) is 6.80. The number of aromatic nitrogens is 1. The van der Waals surface area contributed by atoms with Crippen molar-refractivity contribution in [3.63, 3.8) is 0 Å². The molecule has 1 heterocycles. The van der Waals surface area contributed by atoms with Crippen molar-refractivity contribution in [1.82, 2.24) is 4.98 Å². The third-order valence-corrected chi connectivity index (χ3v) is 3.00. The summed E-state index contributed by atoms with van der Waals surface area (Å²) >= 11 is 0. The molecule has 21 heavy (non-hydrogen) atoms. The molecule has 5 nitrogen and oxygen atoms in total. The second-order valence-electron chi connectivity index (χ2n) is 4.59. The molecular formula is C16H19N3O2. The van der Waals surface area contributed by atoms with Crippen LogP contribution in [0.3, 0.4) is 0 Å². The molecular weight excluding hydrogens is 266 g/mol. The highest BCUT2D eigenvalue weighted by molar-refractivity contribution is 6.08. The van der Waals surface area contributed by atoms with Crippen molar-refractivity contribution in [2.24, 2.45) is 0 Å². The molecule has 1 aromatic carbocycles. The third kappa shape index (κ3) is 3.51. The van der Waals surface area contributed by atoms with E-state index in [4.69, 9.17) is 4.74 Å². The fraction of sp³-hybridized carbons (Fsp3) is 0.250. The number of carbonyl (C=O) groups excluding carboxylic acids is 1. The SMILES string of the molecule is CCNc1ncccc1C(=O)Nc1cc(C)ccc1OC. The average Bonchev–Trinajstić information content (AvgIpc) is 2.48. The van der Waals surface area contributed by atoms with Gasteiger partial charge in [0.05, 0.1) is 18.4 Å². The lowest BCUT2D eigenvalue weighted by Gasteiger charge is -2.13. The standard InChI is InChI=1S/C16H19N3O2/c1-4-17-15-12(6-5-9-18-15)16(20)19-13-10-11(2)7-8-14(13)21-3/h5-10H,4H2,1-3H3,(H,17,18)(H,19,20). The minimum Gasteiger partial charge on any atom is -0.495 e. The van der Waals surface area contributed by atoms with Crippen LogP contribution >= 0.6 is 0 Å². The minimum absolute atomic E-state index is 0.219. The number of nitrogens with one attached hydrogen (secondary N) is 2. The molecule has 110 valence electrons. The van der Waals surface area contributed by atoms with Crippen molar-refractivity contribution in [2.45, 2.75) is 13.8 Å². The van der Waals surface area contributed by atoms with E-state index in [0.717, 1.165) is 5.56 Å². The Balaban J connectivity index is 2.28. The number of hydrogen-bond donors (Lipinski definition) is 2. The second-order valence-corrected chi connectivity index (χ2v) is 4.59. The smallest absolute Gasteiger partial charge is 0.259 e. The van der Waals surface area contributed by atoms with E-state index in [1.807, 2.05) is 32.0 Å². The molecule has 5 heteroatoms.